The SMILES string of the molecule is Cc1ccc(/C=C/c2cc(C(F)(F)F)[nH]c(=O)n2)cc1. The van der Waals surface area contributed by atoms with Crippen molar-refractivity contribution in [3.63, 3.8) is 0 Å². The minimum atomic E-state index is -4.60. The minimum Gasteiger partial charge on any atom is -0.302 e. The van der Waals surface area contributed by atoms with Crippen molar-refractivity contribution in [2.24, 2.45) is 0 Å². The van der Waals surface area contributed by atoms with Crippen LogP contribution >= 0.6 is 0 Å². The van der Waals surface area contributed by atoms with Gasteiger partial charge < -0.3 is 4.98 Å². The van der Waals surface area contributed by atoms with Crippen molar-refractivity contribution < 1.29 is 13.2 Å². The third-order valence-electron chi connectivity index (χ3n) is 2.59. The first-order valence-electron chi connectivity index (χ1n) is 5.78. The summed E-state index contributed by atoms with van der Waals surface area (Å²) in [7, 11) is 0. The molecule has 2 aromatic rings. The van der Waals surface area contributed by atoms with Gasteiger partial charge in [0.25, 0.3) is 0 Å². The molecule has 1 heterocycles. The Morgan fingerprint density at radius 3 is 2.40 bits per heavy atom. The van der Waals surface area contributed by atoms with Crippen molar-refractivity contribution in [1.29, 1.82) is 0 Å². The summed E-state index contributed by atoms with van der Waals surface area (Å²) in [5.74, 6) is 0. The predicted octanol–water partition coefficient (Wildman–Crippen LogP) is 3.27. The molecule has 3 nitrogen and oxygen atoms in total. The van der Waals surface area contributed by atoms with Gasteiger partial charge in [-0.1, -0.05) is 35.9 Å². The van der Waals surface area contributed by atoms with Crippen molar-refractivity contribution >= 4 is 12.2 Å². The number of benzene rings is 1. The second kappa shape index (κ2) is 5.32. The number of hydrogen-bond acceptors (Lipinski definition) is 2. The highest BCUT2D eigenvalue weighted by Crippen LogP contribution is 2.26. The van der Waals surface area contributed by atoms with Gasteiger partial charge in [-0.15, -0.1) is 0 Å². The van der Waals surface area contributed by atoms with Crippen LogP contribution in [0.25, 0.3) is 12.2 Å². The molecule has 0 bridgehead atoms. The number of aromatic nitrogens is 2. The topological polar surface area (TPSA) is 45.8 Å². The van der Waals surface area contributed by atoms with E-state index in [0.717, 1.165) is 17.2 Å². The van der Waals surface area contributed by atoms with E-state index >= 15 is 0 Å². The molecule has 2 rings (SSSR count). The molecule has 6 heteroatoms. The molecule has 0 saturated carbocycles. The van der Waals surface area contributed by atoms with Crippen LogP contribution < -0.4 is 5.69 Å². The standard InChI is InChI=1S/C14H11F3N2O/c1-9-2-4-10(5-3-9)6-7-11-8-12(14(15,16)17)19-13(20)18-11/h2-8H,1H3,(H,18,19,20)/b7-6+. The van der Waals surface area contributed by atoms with Gasteiger partial charge in [0.05, 0.1) is 5.69 Å². The van der Waals surface area contributed by atoms with Crippen LogP contribution in [0.1, 0.15) is 22.5 Å². The second-order valence-electron chi connectivity index (χ2n) is 4.27. The van der Waals surface area contributed by atoms with Crippen LogP contribution in [0.3, 0.4) is 0 Å². The predicted molar refractivity (Wildman–Crippen MR) is 70.0 cm³/mol. The Labute approximate surface area is 112 Å². The Morgan fingerprint density at radius 2 is 1.80 bits per heavy atom. The summed E-state index contributed by atoms with van der Waals surface area (Å²) in [6.45, 7) is 1.93. The highest BCUT2D eigenvalue weighted by atomic mass is 19.4. The minimum absolute atomic E-state index is 0.0401. The third kappa shape index (κ3) is 3.57. The molecule has 0 fully saturated rings. The molecule has 104 valence electrons. The highest BCUT2D eigenvalue weighted by molar-refractivity contribution is 5.68. The van der Waals surface area contributed by atoms with Crippen molar-refractivity contribution in [3.05, 3.63) is 63.3 Å². The van der Waals surface area contributed by atoms with E-state index in [2.05, 4.69) is 4.98 Å². The maximum absolute atomic E-state index is 12.5. The van der Waals surface area contributed by atoms with Gasteiger partial charge in [0.1, 0.15) is 5.69 Å². The van der Waals surface area contributed by atoms with E-state index < -0.39 is 17.6 Å². The van der Waals surface area contributed by atoms with Crippen molar-refractivity contribution in [1.82, 2.24) is 9.97 Å². The summed E-state index contributed by atoms with van der Waals surface area (Å²) < 4.78 is 37.6. The lowest BCUT2D eigenvalue weighted by molar-refractivity contribution is -0.141. The Hall–Kier alpha value is -2.37. The first-order valence-corrected chi connectivity index (χ1v) is 5.78. The van der Waals surface area contributed by atoms with Crippen LogP contribution in [0, 0.1) is 6.92 Å². The zero-order valence-corrected chi connectivity index (χ0v) is 10.5. The van der Waals surface area contributed by atoms with Gasteiger partial charge in [-0.3, -0.25) is 0 Å². The van der Waals surface area contributed by atoms with Crippen LogP contribution in [0.2, 0.25) is 0 Å². The van der Waals surface area contributed by atoms with Gasteiger partial charge in [-0.05, 0) is 24.6 Å². The van der Waals surface area contributed by atoms with Gasteiger partial charge in [-0.25, -0.2) is 4.79 Å². The van der Waals surface area contributed by atoms with Crippen molar-refractivity contribution in [3.8, 4) is 0 Å². The summed E-state index contributed by atoms with van der Waals surface area (Å²) in [5, 5.41) is 0. The molecule has 0 aliphatic rings. The number of H-pyrrole nitrogens is 1. The number of nitrogens with one attached hydrogen (secondary N) is 1. The van der Waals surface area contributed by atoms with E-state index in [4.69, 9.17) is 0 Å². The fraction of sp³-hybridized carbons (Fsp3) is 0.143. The molecule has 0 aliphatic heterocycles. The molecule has 0 unspecified atom stereocenters. The Balaban J connectivity index is 2.32. The third-order valence-corrected chi connectivity index (χ3v) is 2.59. The van der Waals surface area contributed by atoms with E-state index in [1.807, 2.05) is 31.2 Å². The number of nitrogens with zero attached hydrogens (tertiary/aromatic N) is 1. The molecule has 1 N–H and O–H groups in total. The first kappa shape index (κ1) is 14.0. The van der Waals surface area contributed by atoms with Gasteiger partial charge >= 0.3 is 11.9 Å². The summed E-state index contributed by atoms with van der Waals surface area (Å²) >= 11 is 0. The van der Waals surface area contributed by atoms with Crippen LogP contribution in [0.4, 0.5) is 13.2 Å². The number of alkyl halides is 3. The molecular weight excluding hydrogens is 269 g/mol. The average Bonchev–Trinajstić information content (AvgIpc) is 2.36. The van der Waals surface area contributed by atoms with Crippen molar-refractivity contribution in [2.75, 3.05) is 0 Å². The molecule has 0 amide bonds. The van der Waals surface area contributed by atoms with Gasteiger partial charge in [0, 0.05) is 0 Å². The number of aromatic amines is 1. The smallest absolute Gasteiger partial charge is 0.302 e. The lowest BCUT2D eigenvalue weighted by atomic mass is 10.1. The van der Waals surface area contributed by atoms with Crippen LogP contribution in [0.5, 0.6) is 0 Å². The molecule has 1 aromatic carbocycles. The Kier molecular flexibility index (Phi) is 3.74. The number of hydrogen-bond donors (Lipinski definition) is 1. The van der Waals surface area contributed by atoms with E-state index in [-0.39, 0.29) is 5.69 Å². The quantitative estimate of drug-likeness (QED) is 0.917. The number of rotatable bonds is 2. The monoisotopic (exact) mass is 280 g/mol. The Bertz CT molecular complexity index is 685. The fourth-order valence-corrected chi connectivity index (χ4v) is 1.57. The molecule has 0 spiro atoms. The fourth-order valence-electron chi connectivity index (χ4n) is 1.57. The van der Waals surface area contributed by atoms with E-state index in [1.165, 1.54) is 6.08 Å². The maximum atomic E-state index is 12.5. The largest absolute Gasteiger partial charge is 0.431 e. The molecule has 0 saturated heterocycles. The molecular formula is C14H11F3N2O. The normalized spacial score (nSPS) is 12.0. The second-order valence-corrected chi connectivity index (χ2v) is 4.27. The summed E-state index contributed by atoms with van der Waals surface area (Å²) in [4.78, 5) is 16.3. The Morgan fingerprint density at radius 1 is 1.15 bits per heavy atom. The molecule has 0 aliphatic carbocycles. The number of halogens is 3. The summed E-state index contributed by atoms with van der Waals surface area (Å²) in [5.41, 5.74) is -0.284. The van der Waals surface area contributed by atoms with Gasteiger partial charge in [-0.2, -0.15) is 18.2 Å². The van der Waals surface area contributed by atoms with Gasteiger partial charge in [0.15, 0.2) is 0 Å². The van der Waals surface area contributed by atoms with Crippen LogP contribution in [-0.2, 0) is 6.18 Å². The molecule has 1 aromatic heterocycles. The lowest BCUT2D eigenvalue weighted by Crippen LogP contribution is -2.19. The lowest BCUT2D eigenvalue weighted by Gasteiger charge is -2.05. The molecule has 0 radical (unpaired) electrons. The zero-order valence-electron chi connectivity index (χ0n) is 10.5. The van der Waals surface area contributed by atoms with Gasteiger partial charge in [0.2, 0.25) is 0 Å². The maximum Gasteiger partial charge on any atom is 0.431 e. The van der Waals surface area contributed by atoms with E-state index in [1.54, 1.807) is 11.1 Å². The zero-order chi connectivity index (χ0) is 14.8. The average molecular weight is 280 g/mol. The number of aryl methyl sites for hydroxylation is 1. The summed E-state index contributed by atoms with van der Waals surface area (Å²) in [6, 6.07) is 8.21. The summed E-state index contributed by atoms with van der Waals surface area (Å²) in [6.07, 6.45) is -1.63. The first-order chi connectivity index (χ1) is 9.34. The van der Waals surface area contributed by atoms with E-state index in [0.29, 0.717) is 0 Å². The van der Waals surface area contributed by atoms with Crippen molar-refractivity contribution in [2.45, 2.75) is 13.1 Å². The molecule has 20 heavy (non-hydrogen) atoms. The molecule has 0 atom stereocenters. The van der Waals surface area contributed by atoms with Crippen LogP contribution in [-0.4, -0.2) is 9.97 Å². The highest BCUT2D eigenvalue weighted by Gasteiger charge is 2.32. The van der Waals surface area contributed by atoms with E-state index in [9.17, 15) is 18.0 Å². The van der Waals surface area contributed by atoms with Crippen LogP contribution in [0.15, 0.2) is 35.1 Å².